The lowest BCUT2D eigenvalue weighted by atomic mass is 9.82. The van der Waals surface area contributed by atoms with Gasteiger partial charge < -0.3 is 21.3 Å². The van der Waals surface area contributed by atoms with Gasteiger partial charge in [0, 0.05) is 25.3 Å². The van der Waals surface area contributed by atoms with Gasteiger partial charge in [0.05, 0.1) is 11.6 Å². The van der Waals surface area contributed by atoms with Gasteiger partial charge in [-0.25, -0.2) is 9.59 Å². The van der Waals surface area contributed by atoms with Gasteiger partial charge in [-0.3, -0.25) is 0 Å². The highest BCUT2D eigenvalue weighted by molar-refractivity contribution is 5.89. The molecule has 0 spiro atoms. The maximum absolute atomic E-state index is 12.0. The predicted molar refractivity (Wildman–Crippen MR) is 108 cm³/mol. The summed E-state index contributed by atoms with van der Waals surface area (Å²) in [6.45, 7) is 2.19. The van der Waals surface area contributed by atoms with Crippen LogP contribution in [-0.4, -0.2) is 31.7 Å². The van der Waals surface area contributed by atoms with Crippen LogP contribution in [0, 0.1) is 29.1 Å². The molecular formula is C21H29N5O2. The summed E-state index contributed by atoms with van der Waals surface area (Å²) < 4.78 is 0. The zero-order valence-corrected chi connectivity index (χ0v) is 16.2. The van der Waals surface area contributed by atoms with Gasteiger partial charge in [-0.15, -0.1) is 0 Å². The molecule has 2 aliphatic rings. The molecule has 150 valence electrons. The fourth-order valence-corrected chi connectivity index (χ4v) is 3.54. The molecule has 0 saturated heterocycles. The normalized spacial score (nSPS) is 21.2. The van der Waals surface area contributed by atoms with Crippen molar-refractivity contribution in [3.8, 4) is 6.07 Å². The highest BCUT2D eigenvalue weighted by Crippen LogP contribution is 2.28. The number of urea groups is 2. The van der Waals surface area contributed by atoms with E-state index in [-0.39, 0.29) is 12.1 Å². The first-order valence-electron chi connectivity index (χ1n) is 10.2. The second-order valence-electron chi connectivity index (χ2n) is 7.95. The summed E-state index contributed by atoms with van der Waals surface area (Å²) in [6, 6.07) is 8.58. The zero-order valence-electron chi connectivity index (χ0n) is 16.2. The van der Waals surface area contributed by atoms with E-state index in [9.17, 15) is 9.59 Å². The smallest absolute Gasteiger partial charge is 0.319 e. The molecule has 0 unspecified atom stereocenters. The van der Waals surface area contributed by atoms with Crippen molar-refractivity contribution in [2.45, 2.75) is 38.5 Å². The molecule has 7 heteroatoms. The van der Waals surface area contributed by atoms with Crippen LogP contribution in [0.3, 0.4) is 0 Å². The maximum Gasteiger partial charge on any atom is 0.319 e. The molecule has 2 fully saturated rings. The summed E-state index contributed by atoms with van der Waals surface area (Å²) in [5, 5.41) is 20.4. The highest BCUT2D eigenvalue weighted by Gasteiger charge is 2.23. The van der Waals surface area contributed by atoms with E-state index in [4.69, 9.17) is 5.26 Å². The molecule has 0 aliphatic heterocycles. The number of carbonyl (C=O) groups excluding carboxylic acids is 2. The van der Waals surface area contributed by atoms with Crippen molar-refractivity contribution in [3.05, 3.63) is 29.8 Å². The minimum Gasteiger partial charge on any atom is -0.338 e. The molecule has 2 saturated carbocycles. The first-order valence-corrected chi connectivity index (χ1v) is 10.2. The Kier molecular flexibility index (Phi) is 7.12. The lowest BCUT2D eigenvalue weighted by Crippen LogP contribution is -2.40. The Labute approximate surface area is 166 Å². The Balaban J connectivity index is 1.26. The molecule has 2 aliphatic carbocycles. The average molecular weight is 383 g/mol. The molecule has 0 atom stereocenters. The van der Waals surface area contributed by atoms with Crippen LogP contribution in [0.1, 0.15) is 44.1 Å². The second kappa shape index (κ2) is 9.98. The number of nitrogens with zero attached hydrogens (tertiary/aromatic N) is 1. The minimum atomic E-state index is -0.221. The topological polar surface area (TPSA) is 106 Å². The van der Waals surface area contributed by atoms with Crippen molar-refractivity contribution < 1.29 is 9.59 Å². The van der Waals surface area contributed by atoms with Gasteiger partial charge in [0.15, 0.2) is 0 Å². The van der Waals surface area contributed by atoms with Crippen molar-refractivity contribution in [3.63, 3.8) is 0 Å². The molecule has 0 radical (unpaired) electrons. The fraction of sp³-hybridized carbons (Fsp3) is 0.571. The van der Waals surface area contributed by atoms with E-state index in [0.717, 1.165) is 38.8 Å². The molecule has 7 nitrogen and oxygen atoms in total. The Morgan fingerprint density at radius 3 is 1.64 bits per heavy atom. The van der Waals surface area contributed by atoms with Crippen LogP contribution in [0.4, 0.5) is 15.3 Å². The van der Waals surface area contributed by atoms with E-state index in [1.807, 2.05) is 0 Å². The van der Waals surface area contributed by atoms with E-state index in [0.29, 0.717) is 35.5 Å². The van der Waals surface area contributed by atoms with Crippen LogP contribution >= 0.6 is 0 Å². The van der Waals surface area contributed by atoms with Crippen LogP contribution < -0.4 is 21.3 Å². The number of carbonyl (C=O) groups is 2. The first kappa shape index (κ1) is 20.0. The third kappa shape index (κ3) is 6.76. The van der Waals surface area contributed by atoms with Gasteiger partial charge in [-0.2, -0.15) is 5.26 Å². The number of hydrogen-bond donors (Lipinski definition) is 4. The largest absolute Gasteiger partial charge is 0.338 e. The van der Waals surface area contributed by atoms with Crippen LogP contribution in [0.15, 0.2) is 24.3 Å². The zero-order chi connectivity index (χ0) is 19.8. The van der Waals surface area contributed by atoms with Gasteiger partial charge in [0.1, 0.15) is 0 Å². The molecule has 0 bridgehead atoms. The van der Waals surface area contributed by atoms with Crippen molar-refractivity contribution in [2.75, 3.05) is 25.0 Å². The number of nitrogens with one attached hydrogen (secondary N) is 4. The Morgan fingerprint density at radius 1 is 0.786 bits per heavy atom. The lowest BCUT2D eigenvalue weighted by Gasteiger charge is -2.28. The summed E-state index contributed by atoms with van der Waals surface area (Å²) in [7, 11) is 0. The number of amides is 4. The summed E-state index contributed by atoms with van der Waals surface area (Å²) >= 11 is 0. The van der Waals surface area contributed by atoms with E-state index < -0.39 is 0 Å². The average Bonchev–Trinajstić information content (AvgIpc) is 3.55. The summed E-state index contributed by atoms with van der Waals surface area (Å²) in [5.74, 6) is 1.70. The molecule has 1 aromatic rings. The number of rotatable bonds is 7. The molecule has 4 N–H and O–H groups in total. The second-order valence-corrected chi connectivity index (χ2v) is 7.95. The standard InChI is InChI=1S/C21H29N5O2/c22-11-15-7-9-19(10-8-15)26-21(28)25-14-18-5-3-17(4-6-18)13-24-20(27)23-12-16-1-2-16/h7-10,16-18H,1-6,12-14H2,(H2,23,24,27)(H2,25,26,28). The molecular weight excluding hydrogens is 354 g/mol. The van der Waals surface area contributed by atoms with Crippen molar-refractivity contribution in [1.82, 2.24) is 16.0 Å². The Hall–Kier alpha value is -2.75. The molecule has 0 heterocycles. The monoisotopic (exact) mass is 383 g/mol. The molecule has 1 aromatic carbocycles. The van der Waals surface area contributed by atoms with E-state index in [2.05, 4.69) is 27.3 Å². The minimum absolute atomic E-state index is 0.0461. The predicted octanol–water partition coefficient (Wildman–Crippen LogP) is 3.20. The van der Waals surface area contributed by atoms with Crippen molar-refractivity contribution >= 4 is 17.7 Å². The van der Waals surface area contributed by atoms with Gasteiger partial charge in [0.25, 0.3) is 0 Å². The maximum atomic E-state index is 12.0. The van der Waals surface area contributed by atoms with Gasteiger partial charge in [-0.1, -0.05) is 0 Å². The van der Waals surface area contributed by atoms with Crippen LogP contribution in [-0.2, 0) is 0 Å². The molecule has 4 amide bonds. The lowest BCUT2D eigenvalue weighted by molar-refractivity contribution is 0.227. The molecule has 28 heavy (non-hydrogen) atoms. The highest BCUT2D eigenvalue weighted by atomic mass is 16.2. The summed E-state index contributed by atoms with van der Waals surface area (Å²) in [5.41, 5.74) is 1.24. The van der Waals surface area contributed by atoms with Crippen molar-refractivity contribution in [2.24, 2.45) is 17.8 Å². The third-order valence-electron chi connectivity index (χ3n) is 5.59. The number of nitriles is 1. The molecule has 0 aromatic heterocycles. The summed E-state index contributed by atoms with van der Waals surface area (Å²) in [6.07, 6.45) is 6.76. The van der Waals surface area contributed by atoms with E-state index in [1.54, 1.807) is 24.3 Å². The number of anilines is 1. The Morgan fingerprint density at radius 2 is 1.21 bits per heavy atom. The van der Waals surface area contributed by atoms with Crippen molar-refractivity contribution in [1.29, 1.82) is 5.26 Å². The van der Waals surface area contributed by atoms with Crippen LogP contribution in [0.5, 0.6) is 0 Å². The fourth-order valence-electron chi connectivity index (χ4n) is 3.54. The van der Waals surface area contributed by atoms with Crippen LogP contribution in [0.2, 0.25) is 0 Å². The number of hydrogen-bond acceptors (Lipinski definition) is 3. The van der Waals surface area contributed by atoms with Gasteiger partial charge in [-0.05, 0) is 80.5 Å². The third-order valence-corrected chi connectivity index (χ3v) is 5.59. The van der Waals surface area contributed by atoms with E-state index >= 15 is 0 Å². The quantitative estimate of drug-likeness (QED) is 0.581. The molecule has 3 rings (SSSR count). The summed E-state index contributed by atoms with van der Waals surface area (Å²) in [4.78, 5) is 23.8. The van der Waals surface area contributed by atoms with Gasteiger partial charge in [0.2, 0.25) is 0 Å². The number of benzene rings is 1. The Bertz CT molecular complexity index is 701. The first-order chi connectivity index (χ1) is 13.6. The van der Waals surface area contributed by atoms with E-state index in [1.165, 1.54) is 12.8 Å². The van der Waals surface area contributed by atoms with Crippen LogP contribution in [0.25, 0.3) is 0 Å². The van der Waals surface area contributed by atoms with Gasteiger partial charge >= 0.3 is 12.1 Å². The SMILES string of the molecule is N#Cc1ccc(NC(=O)NCC2CCC(CNC(=O)NCC3CC3)CC2)cc1.